The van der Waals surface area contributed by atoms with Crippen LogP contribution in [-0.4, -0.2) is 44.5 Å². The molecule has 0 aliphatic carbocycles. The summed E-state index contributed by atoms with van der Waals surface area (Å²) in [5.74, 6) is 1.27. The van der Waals surface area contributed by atoms with Crippen LogP contribution in [0.2, 0.25) is 0 Å². The van der Waals surface area contributed by atoms with Crippen molar-refractivity contribution < 1.29 is 28.9 Å². The average molecular weight is 402 g/mol. The summed E-state index contributed by atoms with van der Waals surface area (Å²) in [5, 5.41) is 13.6. The molecule has 0 bridgehead atoms. The van der Waals surface area contributed by atoms with Gasteiger partial charge in [-0.25, -0.2) is 4.79 Å². The lowest BCUT2D eigenvalue weighted by Gasteiger charge is -2.20. The molecule has 156 valence electrons. The first-order chi connectivity index (χ1) is 14.0. The number of hydrogen-bond acceptors (Lipinski definition) is 6. The third kappa shape index (κ3) is 5.86. The molecule has 0 heterocycles. The van der Waals surface area contributed by atoms with Crippen molar-refractivity contribution in [1.29, 1.82) is 0 Å². The highest BCUT2D eigenvalue weighted by Crippen LogP contribution is 2.28. The number of hydrogen-bond donors (Lipinski definition) is 1. The number of benzene rings is 2. The molecular formula is C21H26N2O6. The van der Waals surface area contributed by atoms with Gasteiger partial charge in [0.05, 0.1) is 25.1 Å². The van der Waals surface area contributed by atoms with Gasteiger partial charge in [0.1, 0.15) is 13.3 Å². The minimum Gasteiger partial charge on any atom is -0.493 e. The minimum atomic E-state index is -1.11. The molecule has 0 spiro atoms. The number of ether oxygens (including phenoxy) is 3. The first-order valence-electron chi connectivity index (χ1n) is 9.06. The van der Waals surface area contributed by atoms with Crippen LogP contribution in [-0.2, 0) is 16.2 Å². The smallest absolute Gasteiger partial charge is 0.413 e. The van der Waals surface area contributed by atoms with E-state index in [0.717, 1.165) is 10.5 Å². The van der Waals surface area contributed by atoms with Crippen molar-refractivity contribution in [3.63, 3.8) is 0 Å². The first kappa shape index (κ1) is 22.0. The zero-order valence-electron chi connectivity index (χ0n) is 17.0. The Hall–Kier alpha value is -3.26. The monoisotopic (exact) mass is 402 g/mol. The fourth-order valence-electron chi connectivity index (χ4n) is 2.67. The highest BCUT2D eigenvalue weighted by atomic mass is 16.6. The molecule has 0 atom stereocenters. The third-order valence-electron chi connectivity index (χ3n) is 4.07. The second-order valence-corrected chi connectivity index (χ2v) is 6.01. The number of methoxy groups -OCH3 is 2. The van der Waals surface area contributed by atoms with Gasteiger partial charge >= 0.3 is 6.09 Å². The Kier molecular flexibility index (Phi) is 8.29. The van der Waals surface area contributed by atoms with E-state index in [1.165, 1.54) is 7.11 Å². The lowest BCUT2D eigenvalue weighted by atomic mass is 10.1. The van der Waals surface area contributed by atoms with Gasteiger partial charge in [-0.15, -0.1) is 0 Å². The van der Waals surface area contributed by atoms with E-state index < -0.39 is 6.09 Å². The summed E-state index contributed by atoms with van der Waals surface area (Å²) in [5.41, 5.74) is 2.63. The number of carboxylic acid groups (broad SMARTS) is 1. The van der Waals surface area contributed by atoms with Crippen LogP contribution in [0, 0.1) is 0 Å². The first-order valence-corrected chi connectivity index (χ1v) is 9.06. The topological polar surface area (TPSA) is 89.8 Å². The minimum absolute atomic E-state index is 0.0827. The zero-order valence-corrected chi connectivity index (χ0v) is 17.0. The Morgan fingerprint density at radius 2 is 1.90 bits per heavy atom. The molecule has 0 saturated carbocycles. The Bertz CT molecular complexity index is 853. The molecule has 0 fully saturated rings. The maximum Gasteiger partial charge on any atom is 0.413 e. The molecule has 0 aliphatic heterocycles. The van der Waals surface area contributed by atoms with Crippen LogP contribution in [0.25, 0.3) is 0 Å². The molecule has 1 N–H and O–H groups in total. The van der Waals surface area contributed by atoms with Crippen molar-refractivity contribution in [2.24, 2.45) is 5.16 Å². The van der Waals surface area contributed by atoms with E-state index in [-0.39, 0.29) is 13.3 Å². The van der Waals surface area contributed by atoms with Crippen molar-refractivity contribution in [1.82, 2.24) is 0 Å². The van der Waals surface area contributed by atoms with Crippen molar-refractivity contribution >= 4 is 17.5 Å². The lowest BCUT2D eigenvalue weighted by Crippen LogP contribution is -2.32. The van der Waals surface area contributed by atoms with Crippen molar-refractivity contribution in [2.45, 2.75) is 20.5 Å². The molecule has 0 unspecified atom stereocenters. The van der Waals surface area contributed by atoms with Crippen LogP contribution >= 0.6 is 0 Å². The number of amides is 1. The summed E-state index contributed by atoms with van der Waals surface area (Å²) in [6.45, 7) is 4.29. The van der Waals surface area contributed by atoms with Gasteiger partial charge in [-0.1, -0.05) is 23.4 Å². The molecule has 2 rings (SSSR count). The molecule has 8 nitrogen and oxygen atoms in total. The number of nitrogens with zero attached hydrogens (tertiary/aromatic N) is 2. The van der Waals surface area contributed by atoms with E-state index in [9.17, 15) is 9.90 Å². The predicted molar refractivity (Wildman–Crippen MR) is 110 cm³/mol. The Balaban J connectivity index is 2.15. The van der Waals surface area contributed by atoms with Gasteiger partial charge < -0.3 is 24.2 Å². The SMILES string of the molecule is CCOc1ccc(/C(C)=N\OCc2ccccc2N(COC)C(=O)O)cc1OC. The Morgan fingerprint density at radius 3 is 2.55 bits per heavy atom. The molecule has 1 amide bonds. The van der Waals surface area contributed by atoms with Crippen molar-refractivity contribution in [3.8, 4) is 11.5 Å². The molecular weight excluding hydrogens is 376 g/mol. The summed E-state index contributed by atoms with van der Waals surface area (Å²) in [6, 6.07) is 12.6. The van der Waals surface area contributed by atoms with Crippen LogP contribution < -0.4 is 14.4 Å². The molecule has 0 radical (unpaired) electrons. The third-order valence-corrected chi connectivity index (χ3v) is 4.07. The fourth-order valence-corrected chi connectivity index (χ4v) is 2.67. The van der Waals surface area contributed by atoms with Crippen LogP contribution in [0.5, 0.6) is 11.5 Å². The van der Waals surface area contributed by atoms with Crippen LogP contribution in [0.1, 0.15) is 25.0 Å². The van der Waals surface area contributed by atoms with Crippen molar-refractivity contribution in [2.75, 3.05) is 32.5 Å². The molecule has 2 aromatic carbocycles. The molecule has 0 aliphatic rings. The van der Waals surface area contributed by atoms with Gasteiger partial charge in [-0.2, -0.15) is 0 Å². The van der Waals surface area contributed by atoms with E-state index in [4.69, 9.17) is 19.0 Å². The maximum absolute atomic E-state index is 11.5. The van der Waals surface area contributed by atoms with Crippen LogP contribution in [0.15, 0.2) is 47.6 Å². The summed E-state index contributed by atoms with van der Waals surface area (Å²) < 4.78 is 15.9. The molecule has 0 aromatic heterocycles. The number of para-hydroxylation sites is 1. The van der Waals surface area contributed by atoms with Crippen LogP contribution in [0.3, 0.4) is 0 Å². The predicted octanol–water partition coefficient (Wildman–Crippen LogP) is 4.12. The number of oxime groups is 1. The highest BCUT2D eigenvalue weighted by Gasteiger charge is 2.17. The summed E-state index contributed by atoms with van der Waals surface area (Å²) >= 11 is 0. The van der Waals surface area contributed by atoms with Gasteiger partial charge in [-0.3, -0.25) is 4.90 Å². The van der Waals surface area contributed by atoms with E-state index in [0.29, 0.717) is 35.1 Å². The summed E-state index contributed by atoms with van der Waals surface area (Å²) in [6.07, 6.45) is -1.11. The zero-order chi connectivity index (χ0) is 21.2. The average Bonchev–Trinajstić information content (AvgIpc) is 2.72. The van der Waals surface area contributed by atoms with Gasteiger partial charge in [0.15, 0.2) is 11.5 Å². The quantitative estimate of drug-likeness (QED) is 0.365. The van der Waals surface area contributed by atoms with Crippen LogP contribution in [0.4, 0.5) is 10.5 Å². The largest absolute Gasteiger partial charge is 0.493 e. The van der Waals surface area contributed by atoms with Gasteiger partial charge in [0, 0.05) is 18.2 Å². The van der Waals surface area contributed by atoms with Gasteiger partial charge in [0.2, 0.25) is 0 Å². The van der Waals surface area contributed by atoms with Gasteiger partial charge in [0.25, 0.3) is 0 Å². The normalized spacial score (nSPS) is 11.1. The summed E-state index contributed by atoms with van der Waals surface area (Å²) in [4.78, 5) is 18.1. The van der Waals surface area contributed by atoms with Crippen molar-refractivity contribution in [3.05, 3.63) is 53.6 Å². The van der Waals surface area contributed by atoms with E-state index >= 15 is 0 Å². The second kappa shape index (κ2) is 10.9. The second-order valence-electron chi connectivity index (χ2n) is 6.01. The molecule has 29 heavy (non-hydrogen) atoms. The van der Waals surface area contributed by atoms with E-state index in [1.54, 1.807) is 25.3 Å². The number of rotatable bonds is 10. The van der Waals surface area contributed by atoms with E-state index in [1.807, 2.05) is 38.1 Å². The Morgan fingerprint density at radius 1 is 1.14 bits per heavy atom. The number of carbonyl (C=O) groups is 1. The van der Waals surface area contributed by atoms with E-state index in [2.05, 4.69) is 5.16 Å². The van der Waals surface area contributed by atoms with Gasteiger partial charge in [-0.05, 0) is 38.1 Å². The maximum atomic E-state index is 11.5. The standard InChI is InChI=1S/C21H26N2O6/c1-5-28-19-11-10-16(12-20(19)27-4)15(2)22-29-13-17-8-6-7-9-18(17)23(14-26-3)21(24)25/h6-12H,5,13-14H2,1-4H3,(H,24,25)/b22-15-. The summed E-state index contributed by atoms with van der Waals surface area (Å²) in [7, 11) is 3.02. The molecule has 8 heteroatoms. The number of anilines is 1. The lowest BCUT2D eigenvalue weighted by molar-refractivity contribution is 0.130. The fraction of sp³-hybridized carbons (Fsp3) is 0.333. The molecule has 0 saturated heterocycles. The highest BCUT2D eigenvalue weighted by molar-refractivity contribution is 5.98. The Labute approximate surface area is 170 Å². The molecule has 2 aromatic rings.